The topological polar surface area (TPSA) is 168 Å². The van der Waals surface area contributed by atoms with E-state index in [1.165, 1.54) is 36.4 Å². The summed E-state index contributed by atoms with van der Waals surface area (Å²) < 4.78 is 5.45. The van der Waals surface area contributed by atoms with E-state index < -0.39 is 14.8 Å². The molecule has 2 aromatic carbocycles. The predicted octanol–water partition coefficient (Wildman–Crippen LogP) is 3.75. The van der Waals surface area contributed by atoms with Crippen molar-refractivity contribution in [2.45, 2.75) is 11.0 Å². The van der Waals surface area contributed by atoms with E-state index in [0.29, 0.717) is 11.1 Å². The van der Waals surface area contributed by atoms with E-state index in [1.54, 1.807) is 0 Å². The Morgan fingerprint density at radius 3 is 1.93 bits per heavy atom. The highest BCUT2D eigenvalue weighted by molar-refractivity contribution is 7.98. The summed E-state index contributed by atoms with van der Waals surface area (Å²) in [5.41, 5.74) is -0.0224. The fraction of sp³-hybridized carbons (Fsp3) is 0.0667. The Morgan fingerprint density at radius 2 is 1.39 bits per heavy atom. The van der Waals surface area contributed by atoms with E-state index in [-0.39, 0.29) is 33.9 Å². The molecule has 142 valence electrons. The molecule has 0 atom stereocenters. The van der Waals surface area contributed by atoms with Crippen LogP contribution in [-0.2, 0) is 5.75 Å². The second-order valence-corrected chi connectivity index (χ2v) is 6.26. The summed E-state index contributed by atoms with van der Waals surface area (Å²) in [4.78, 5) is 30.6. The standard InChI is InChI=1S/C15H9N5O7S/c21-18(22)11-3-1-10(2-4-11)14-16-17-15(27-14)28-8-9-5-12(19(23)24)7-13(6-9)20(25)26/h1-7H,8H2. The van der Waals surface area contributed by atoms with Crippen LogP contribution in [0.5, 0.6) is 0 Å². The van der Waals surface area contributed by atoms with Crippen molar-refractivity contribution in [3.63, 3.8) is 0 Å². The van der Waals surface area contributed by atoms with Crippen molar-refractivity contribution in [3.05, 3.63) is 78.4 Å². The van der Waals surface area contributed by atoms with Crippen LogP contribution in [0.3, 0.4) is 0 Å². The van der Waals surface area contributed by atoms with Gasteiger partial charge in [0.05, 0.1) is 20.8 Å². The summed E-state index contributed by atoms with van der Waals surface area (Å²) in [6.45, 7) is 0. The van der Waals surface area contributed by atoms with Gasteiger partial charge in [-0.15, -0.1) is 10.2 Å². The molecule has 3 aromatic rings. The third-order valence-electron chi connectivity index (χ3n) is 3.48. The van der Waals surface area contributed by atoms with Gasteiger partial charge in [0.2, 0.25) is 5.89 Å². The Morgan fingerprint density at radius 1 is 0.821 bits per heavy atom. The first-order valence-electron chi connectivity index (χ1n) is 7.47. The van der Waals surface area contributed by atoms with Gasteiger partial charge in [0.25, 0.3) is 22.3 Å². The summed E-state index contributed by atoms with van der Waals surface area (Å²) in [5, 5.41) is 40.3. The van der Waals surface area contributed by atoms with Crippen LogP contribution in [0.15, 0.2) is 52.1 Å². The number of hydrogen-bond acceptors (Lipinski definition) is 10. The molecule has 0 radical (unpaired) electrons. The minimum atomic E-state index is -0.708. The minimum absolute atomic E-state index is 0.0786. The van der Waals surface area contributed by atoms with Crippen molar-refractivity contribution in [2.75, 3.05) is 0 Å². The lowest BCUT2D eigenvalue weighted by Gasteiger charge is -2.00. The van der Waals surface area contributed by atoms with Crippen molar-refractivity contribution in [1.29, 1.82) is 0 Å². The van der Waals surface area contributed by atoms with Crippen LogP contribution in [0.2, 0.25) is 0 Å². The van der Waals surface area contributed by atoms with Crippen molar-refractivity contribution in [3.8, 4) is 11.5 Å². The van der Waals surface area contributed by atoms with Gasteiger partial charge < -0.3 is 4.42 Å². The van der Waals surface area contributed by atoms with Gasteiger partial charge in [0, 0.05) is 35.6 Å². The van der Waals surface area contributed by atoms with Crippen molar-refractivity contribution in [1.82, 2.24) is 10.2 Å². The Labute approximate surface area is 159 Å². The van der Waals surface area contributed by atoms with Gasteiger partial charge >= 0.3 is 0 Å². The van der Waals surface area contributed by atoms with Gasteiger partial charge in [-0.25, -0.2) is 0 Å². The van der Waals surface area contributed by atoms with E-state index >= 15 is 0 Å². The lowest BCUT2D eigenvalue weighted by atomic mass is 10.2. The van der Waals surface area contributed by atoms with E-state index in [2.05, 4.69) is 10.2 Å². The quantitative estimate of drug-likeness (QED) is 0.321. The summed E-state index contributed by atoms with van der Waals surface area (Å²) in [5.74, 6) is 0.271. The molecule has 0 aliphatic heterocycles. The van der Waals surface area contributed by atoms with Gasteiger partial charge in [-0.3, -0.25) is 30.3 Å². The van der Waals surface area contributed by atoms with Crippen LogP contribution < -0.4 is 0 Å². The van der Waals surface area contributed by atoms with Gasteiger partial charge in [-0.2, -0.15) is 0 Å². The molecule has 1 aromatic heterocycles. The number of nitrogens with zero attached hydrogens (tertiary/aromatic N) is 5. The van der Waals surface area contributed by atoms with E-state index in [1.807, 2.05) is 0 Å². The zero-order chi connectivity index (χ0) is 20.3. The molecule has 0 N–H and O–H groups in total. The Balaban J connectivity index is 1.75. The molecule has 0 fully saturated rings. The SMILES string of the molecule is O=[N+]([O-])c1ccc(-c2nnc(SCc3cc([N+](=O)[O-])cc([N+](=O)[O-])c3)o2)cc1. The lowest BCUT2D eigenvalue weighted by molar-refractivity contribution is -0.394. The second-order valence-electron chi connectivity index (χ2n) is 5.34. The summed E-state index contributed by atoms with van der Waals surface area (Å²) >= 11 is 1.04. The van der Waals surface area contributed by atoms with Gasteiger partial charge in [-0.05, 0) is 17.7 Å². The number of nitro groups is 3. The van der Waals surface area contributed by atoms with E-state index in [4.69, 9.17) is 4.42 Å². The smallest absolute Gasteiger partial charge is 0.277 e. The molecule has 12 nitrogen and oxygen atoms in total. The zero-order valence-electron chi connectivity index (χ0n) is 13.8. The van der Waals surface area contributed by atoms with Crippen LogP contribution in [0.4, 0.5) is 17.1 Å². The fourth-order valence-corrected chi connectivity index (χ4v) is 2.90. The maximum absolute atomic E-state index is 10.9. The molecule has 0 saturated heterocycles. The second kappa shape index (κ2) is 7.79. The number of thioether (sulfide) groups is 1. The molecule has 3 rings (SSSR count). The normalized spacial score (nSPS) is 10.6. The highest BCUT2D eigenvalue weighted by Gasteiger charge is 2.17. The van der Waals surface area contributed by atoms with Crippen LogP contribution in [-0.4, -0.2) is 25.0 Å². The van der Waals surface area contributed by atoms with Crippen LogP contribution in [0.1, 0.15) is 5.56 Å². The van der Waals surface area contributed by atoms with Gasteiger partial charge in [-0.1, -0.05) is 11.8 Å². The fourth-order valence-electron chi connectivity index (χ4n) is 2.21. The Kier molecular flexibility index (Phi) is 5.26. The molecule has 13 heteroatoms. The van der Waals surface area contributed by atoms with Gasteiger partial charge in [0.15, 0.2) is 0 Å². The molecule has 0 aliphatic rings. The highest BCUT2D eigenvalue weighted by Crippen LogP contribution is 2.29. The monoisotopic (exact) mass is 403 g/mol. The molecule has 28 heavy (non-hydrogen) atoms. The first-order valence-corrected chi connectivity index (χ1v) is 8.46. The molecule has 0 aliphatic carbocycles. The molecule has 0 saturated carbocycles. The number of rotatable bonds is 7. The molecule has 0 bridgehead atoms. The summed E-state index contributed by atoms with van der Waals surface area (Å²) in [6.07, 6.45) is 0. The first-order chi connectivity index (χ1) is 13.3. The van der Waals surface area contributed by atoms with E-state index in [9.17, 15) is 30.3 Å². The van der Waals surface area contributed by atoms with E-state index in [0.717, 1.165) is 17.8 Å². The lowest BCUT2D eigenvalue weighted by Crippen LogP contribution is -1.95. The summed E-state index contributed by atoms with van der Waals surface area (Å²) in [6, 6.07) is 8.87. The number of benzene rings is 2. The first kappa shape index (κ1) is 18.9. The number of aromatic nitrogens is 2. The molecular weight excluding hydrogens is 394 g/mol. The van der Waals surface area contributed by atoms with Crippen LogP contribution >= 0.6 is 11.8 Å². The van der Waals surface area contributed by atoms with Gasteiger partial charge in [0.1, 0.15) is 0 Å². The molecule has 0 unspecified atom stereocenters. The zero-order valence-corrected chi connectivity index (χ0v) is 14.6. The number of nitro benzene ring substituents is 3. The van der Waals surface area contributed by atoms with Crippen molar-refractivity contribution < 1.29 is 19.2 Å². The molecule has 0 spiro atoms. The number of non-ortho nitro benzene ring substituents is 3. The molecular formula is C15H9N5O7S. The third kappa shape index (κ3) is 4.27. The number of hydrogen-bond donors (Lipinski definition) is 0. The Hall–Kier alpha value is -3.87. The Bertz CT molecular complexity index is 1030. The average Bonchev–Trinajstić information content (AvgIpc) is 3.15. The molecule has 0 amide bonds. The third-order valence-corrected chi connectivity index (χ3v) is 4.37. The highest BCUT2D eigenvalue weighted by atomic mass is 32.2. The van der Waals surface area contributed by atoms with Crippen LogP contribution in [0, 0.1) is 30.3 Å². The summed E-state index contributed by atoms with van der Waals surface area (Å²) in [7, 11) is 0. The minimum Gasteiger partial charge on any atom is -0.411 e. The molecule has 1 heterocycles. The van der Waals surface area contributed by atoms with Crippen LogP contribution in [0.25, 0.3) is 11.5 Å². The average molecular weight is 403 g/mol. The maximum Gasteiger partial charge on any atom is 0.277 e. The van der Waals surface area contributed by atoms with Crippen molar-refractivity contribution in [2.24, 2.45) is 0 Å². The van der Waals surface area contributed by atoms with Crippen molar-refractivity contribution >= 4 is 28.8 Å². The predicted molar refractivity (Wildman–Crippen MR) is 95.7 cm³/mol. The maximum atomic E-state index is 10.9. The largest absolute Gasteiger partial charge is 0.411 e.